The number of ether oxygens (including phenoxy) is 1. The molecule has 0 atom stereocenters. The number of hydrogen-bond donors (Lipinski definition) is 1. The number of rotatable bonds is 4. The molecule has 6 heteroatoms. The van der Waals surface area contributed by atoms with E-state index in [-0.39, 0.29) is 16.9 Å². The monoisotopic (exact) mass is 241 g/mol. The Kier molecular flexibility index (Phi) is 3.99. The second kappa shape index (κ2) is 5.25. The third-order valence-electron chi connectivity index (χ3n) is 2.16. The lowest BCUT2D eigenvalue weighted by Gasteiger charge is -2.13. The Bertz CT molecular complexity index is 480. The minimum absolute atomic E-state index is 0.120. The number of aliphatic carboxylic acids is 1. The SMILES string of the molecule is COc1c(CC(=O)O)ccc(C#N)c1C(F)F. The molecule has 0 aliphatic heterocycles. The maximum atomic E-state index is 12.8. The molecule has 0 fully saturated rings. The van der Waals surface area contributed by atoms with E-state index in [0.717, 1.165) is 7.11 Å². The van der Waals surface area contributed by atoms with Gasteiger partial charge in [-0.25, -0.2) is 8.78 Å². The van der Waals surface area contributed by atoms with E-state index in [0.29, 0.717) is 0 Å². The van der Waals surface area contributed by atoms with E-state index in [1.807, 2.05) is 0 Å². The average molecular weight is 241 g/mol. The molecule has 1 aromatic rings. The Morgan fingerprint density at radius 1 is 1.59 bits per heavy atom. The number of hydrogen-bond acceptors (Lipinski definition) is 3. The molecule has 0 saturated heterocycles. The molecule has 0 aromatic heterocycles. The number of halogens is 2. The first kappa shape index (κ1) is 12.9. The Morgan fingerprint density at radius 2 is 2.24 bits per heavy atom. The lowest BCUT2D eigenvalue weighted by atomic mass is 10.0. The summed E-state index contributed by atoms with van der Waals surface area (Å²) in [5.74, 6) is -1.39. The van der Waals surface area contributed by atoms with Crippen LogP contribution in [0.2, 0.25) is 0 Å². The standard InChI is InChI=1S/C11H9F2NO3/c1-17-10-6(4-8(15)16)2-3-7(5-14)9(10)11(12)13/h2-3,11H,4H2,1H3,(H,15,16). The quantitative estimate of drug-likeness (QED) is 0.876. The van der Waals surface area contributed by atoms with Crippen LogP contribution in [0.3, 0.4) is 0 Å². The van der Waals surface area contributed by atoms with E-state index in [4.69, 9.17) is 15.1 Å². The Balaban J connectivity index is 3.42. The molecule has 0 amide bonds. The first-order valence-electron chi connectivity index (χ1n) is 4.61. The van der Waals surface area contributed by atoms with Crippen molar-refractivity contribution in [3.8, 4) is 11.8 Å². The van der Waals surface area contributed by atoms with Crippen molar-refractivity contribution in [3.05, 3.63) is 28.8 Å². The number of nitriles is 1. The van der Waals surface area contributed by atoms with Gasteiger partial charge in [0.1, 0.15) is 5.75 Å². The molecule has 90 valence electrons. The van der Waals surface area contributed by atoms with Crippen molar-refractivity contribution in [2.45, 2.75) is 12.8 Å². The molecule has 1 rings (SSSR count). The maximum absolute atomic E-state index is 12.8. The molecule has 4 nitrogen and oxygen atoms in total. The number of carboxylic acid groups (broad SMARTS) is 1. The minimum atomic E-state index is -2.90. The van der Waals surface area contributed by atoms with Crippen molar-refractivity contribution < 1.29 is 23.4 Å². The van der Waals surface area contributed by atoms with Crippen LogP contribution in [0, 0.1) is 11.3 Å². The van der Waals surface area contributed by atoms with Crippen molar-refractivity contribution in [2.75, 3.05) is 7.11 Å². The van der Waals surface area contributed by atoms with Crippen LogP contribution >= 0.6 is 0 Å². The van der Waals surface area contributed by atoms with Crippen molar-refractivity contribution >= 4 is 5.97 Å². The third kappa shape index (κ3) is 2.69. The van der Waals surface area contributed by atoms with Crippen LogP contribution < -0.4 is 4.74 Å². The summed E-state index contributed by atoms with van der Waals surface area (Å²) in [5, 5.41) is 17.3. The summed E-state index contributed by atoms with van der Waals surface area (Å²) in [6.45, 7) is 0. The summed E-state index contributed by atoms with van der Waals surface area (Å²) in [6.07, 6.45) is -3.33. The van der Waals surface area contributed by atoms with E-state index < -0.39 is 24.4 Å². The van der Waals surface area contributed by atoms with Gasteiger partial charge in [-0.05, 0) is 6.07 Å². The number of carboxylic acids is 1. The molecule has 0 heterocycles. The highest BCUT2D eigenvalue weighted by Crippen LogP contribution is 2.35. The van der Waals surface area contributed by atoms with E-state index in [2.05, 4.69) is 0 Å². The largest absolute Gasteiger partial charge is 0.496 e. The van der Waals surface area contributed by atoms with Gasteiger partial charge >= 0.3 is 5.97 Å². The van der Waals surface area contributed by atoms with Crippen LogP contribution in [0.1, 0.15) is 23.1 Å². The smallest absolute Gasteiger partial charge is 0.307 e. The summed E-state index contributed by atoms with van der Waals surface area (Å²) < 4.78 is 30.4. The third-order valence-corrected chi connectivity index (χ3v) is 2.16. The van der Waals surface area contributed by atoms with E-state index in [1.54, 1.807) is 6.07 Å². The lowest BCUT2D eigenvalue weighted by Crippen LogP contribution is -2.06. The Morgan fingerprint density at radius 3 is 2.65 bits per heavy atom. The van der Waals surface area contributed by atoms with Gasteiger partial charge < -0.3 is 9.84 Å². The summed E-state index contributed by atoms with van der Waals surface area (Å²) in [5.41, 5.74) is -0.658. The second-order valence-corrected chi connectivity index (χ2v) is 3.20. The van der Waals surface area contributed by atoms with Crippen LogP contribution in [-0.2, 0) is 11.2 Å². The van der Waals surface area contributed by atoms with E-state index >= 15 is 0 Å². The van der Waals surface area contributed by atoms with Crippen molar-refractivity contribution in [3.63, 3.8) is 0 Å². The molecule has 1 N–H and O–H groups in total. The molecule has 0 bridgehead atoms. The van der Waals surface area contributed by atoms with Crippen LogP contribution in [0.15, 0.2) is 12.1 Å². The van der Waals surface area contributed by atoms with Crippen molar-refractivity contribution in [2.24, 2.45) is 0 Å². The van der Waals surface area contributed by atoms with Crippen LogP contribution in [-0.4, -0.2) is 18.2 Å². The molecule has 0 saturated carbocycles. The molecule has 0 radical (unpaired) electrons. The minimum Gasteiger partial charge on any atom is -0.496 e. The summed E-state index contributed by atoms with van der Waals surface area (Å²) in [6, 6.07) is 4.10. The van der Waals surface area contributed by atoms with Crippen molar-refractivity contribution in [1.29, 1.82) is 5.26 Å². The molecule has 1 aromatic carbocycles. The summed E-state index contributed by atoms with van der Waals surface area (Å²) in [4.78, 5) is 10.6. The van der Waals surface area contributed by atoms with Gasteiger partial charge in [0, 0.05) is 5.56 Å². The van der Waals surface area contributed by atoms with Gasteiger partial charge in [-0.15, -0.1) is 0 Å². The van der Waals surface area contributed by atoms with Gasteiger partial charge in [-0.2, -0.15) is 5.26 Å². The van der Waals surface area contributed by atoms with E-state index in [9.17, 15) is 13.6 Å². The highest BCUT2D eigenvalue weighted by Gasteiger charge is 2.22. The van der Waals surface area contributed by atoms with Crippen LogP contribution in [0.25, 0.3) is 0 Å². The lowest BCUT2D eigenvalue weighted by molar-refractivity contribution is -0.136. The maximum Gasteiger partial charge on any atom is 0.307 e. The zero-order valence-corrected chi connectivity index (χ0v) is 8.91. The fourth-order valence-electron chi connectivity index (χ4n) is 1.50. The highest BCUT2D eigenvalue weighted by atomic mass is 19.3. The Labute approximate surface area is 96.0 Å². The molecule has 0 unspecified atom stereocenters. The fourth-order valence-corrected chi connectivity index (χ4v) is 1.50. The predicted octanol–water partition coefficient (Wildman–Crippen LogP) is 2.13. The van der Waals surface area contributed by atoms with Crippen molar-refractivity contribution in [1.82, 2.24) is 0 Å². The summed E-state index contributed by atoms with van der Waals surface area (Å²) in [7, 11) is 1.16. The first-order chi connectivity index (χ1) is 8.01. The average Bonchev–Trinajstić information content (AvgIpc) is 2.27. The highest BCUT2D eigenvalue weighted by molar-refractivity contribution is 5.72. The number of methoxy groups -OCH3 is 1. The topological polar surface area (TPSA) is 70.3 Å². The van der Waals surface area contributed by atoms with Gasteiger partial charge in [0.2, 0.25) is 0 Å². The van der Waals surface area contributed by atoms with Gasteiger partial charge in [0.15, 0.2) is 0 Å². The normalized spacial score (nSPS) is 10.1. The Hall–Kier alpha value is -2.16. The first-order valence-corrected chi connectivity index (χ1v) is 4.61. The zero-order chi connectivity index (χ0) is 13.0. The summed E-state index contributed by atoms with van der Waals surface area (Å²) >= 11 is 0. The zero-order valence-electron chi connectivity index (χ0n) is 8.91. The predicted molar refractivity (Wildman–Crippen MR) is 54.0 cm³/mol. The molecule has 0 aliphatic rings. The van der Waals surface area contributed by atoms with Crippen LogP contribution in [0.4, 0.5) is 8.78 Å². The van der Waals surface area contributed by atoms with Gasteiger partial charge in [0.05, 0.1) is 30.7 Å². The van der Waals surface area contributed by atoms with E-state index in [1.165, 1.54) is 12.1 Å². The number of alkyl halides is 2. The van der Waals surface area contributed by atoms with Gasteiger partial charge in [-0.1, -0.05) is 6.07 Å². The molecular formula is C11H9F2NO3. The fraction of sp³-hybridized carbons (Fsp3) is 0.273. The molecule has 17 heavy (non-hydrogen) atoms. The van der Waals surface area contributed by atoms with Gasteiger partial charge in [0.25, 0.3) is 6.43 Å². The number of nitrogens with zero attached hydrogens (tertiary/aromatic N) is 1. The second-order valence-electron chi connectivity index (χ2n) is 3.20. The molecule has 0 spiro atoms. The molecule has 0 aliphatic carbocycles. The molecular weight excluding hydrogens is 232 g/mol. The number of carbonyl (C=O) groups is 1. The number of benzene rings is 1. The van der Waals surface area contributed by atoms with Gasteiger partial charge in [-0.3, -0.25) is 4.79 Å². The van der Waals surface area contributed by atoms with Crippen LogP contribution in [0.5, 0.6) is 5.75 Å².